The van der Waals surface area contributed by atoms with Gasteiger partial charge in [0.05, 0.1) is 6.54 Å². The predicted molar refractivity (Wildman–Crippen MR) is 73.5 cm³/mol. The number of hydrogen-bond acceptors (Lipinski definition) is 5. The standard InChI is InChI=1S/C12H13BrN4O2/c1-6-9(3-8(13)4-10(6)14)12(18)15-5-11-16-7(2)17-19-11/h3-4H,5,14H2,1-2H3,(H,15,18). The molecule has 0 fully saturated rings. The third-order valence-electron chi connectivity index (χ3n) is 2.63. The van der Waals surface area contributed by atoms with Crippen molar-refractivity contribution in [1.82, 2.24) is 15.5 Å². The van der Waals surface area contributed by atoms with Crippen molar-refractivity contribution in [3.63, 3.8) is 0 Å². The second-order valence-electron chi connectivity index (χ2n) is 4.09. The summed E-state index contributed by atoms with van der Waals surface area (Å²) in [5.74, 6) is 0.667. The third kappa shape index (κ3) is 3.11. The molecule has 0 saturated carbocycles. The van der Waals surface area contributed by atoms with E-state index in [-0.39, 0.29) is 12.5 Å². The summed E-state index contributed by atoms with van der Waals surface area (Å²) in [6.45, 7) is 3.70. The Labute approximate surface area is 118 Å². The highest BCUT2D eigenvalue weighted by Gasteiger charge is 2.13. The normalized spacial score (nSPS) is 10.5. The summed E-state index contributed by atoms with van der Waals surface area (Å²) < 4.78 is 5.68. The monoisotopic (exact) mass is 324 g/mol. The number of rotatable bonds is 3. The molecule has 2 aromatic rings. The number of hydrogen-bond donors (Lipinski definition) is 2. The van der Waals surface area contributed by atoms with Gasteiger partial charge in [0, 0.05) is 15.7 Å². The smallest absolute Gasteiger partial charge is 0.252 e. The molecule has 0 aliphatic heterocycles. The highest BCUT2D eigenvalue weighted by molar-refractivity contribution is 9.10. The number of carbonyl (C=O) groups excluding carboxylic acids is 1. The van der Waals surface area contributed by atoms with Gasteiger partial charge in [-0.15, -0.1) is 0 Å². The van der Waals surface area contributed by atoms with Gasteiger partial charge in [-0.2, -0.15) is 4.98 Å². The van der Waals surface area contributed by atoms with Crippen molar-refractivity contribution >= 4 is 27.5 Å². The number of nitrogens with one attached hydrogen (secondary N) is 1. The Balaban J connectivity index is 2.12. The van der Waals surface area contributed by atoms with E-state index < -0.39 is 0 Å². The van der Waals surface area contributed by atoms with E-state index in [1.165, 1.54) is 0 Å². The van der Waals surface area contributed by atoms with Gasteiger partial charge in [0.2, 0.25) is 5.89 Å². The molecule has 0 aliphatic rings. The van der Waals surface area contributed by atoms with E-state index in [1.807, 2.05) is 0 Å². The molecule has 1 amide bonds. The van der Waals surface area contributed by atoms with Crippen molar-refractivity contribution in [1.29, 1.82) is 0 Å². The predicted octanol–water partition coefficient (Wildman–Crippen LogP) is 1.96. The van der Waals surface area contributed by atoms with Crippen LogP contribution >= 0.6 is 15.9 Å². The van der Waals surface area contributed by atoms with Crippen molar-refractivity contribution in [3.8, 4) is 0 Å². The highest BCUT2D eigenvalue weighted by atomic mass is 79.9. The second-order valence-corrected chi connectivity index (χ2v) is 5.00. The van der Waals surface area contributed by atoms with Gasteiger partial charge in [0.1, 0.15) is 0 Å². The van der Waals surface area contributed by atoms with Gasteiger partial charge in [-0.25, -0.2) is 0 Å². The van der Waals surface area contributed by atoms with Crippen molar-refractivity contribution in [2.45, 2.75) is 20.4 Å². The number of aromatic nitrogens is 2. The van der Waals surface area contributed by atoms with Crippen LogP contribution in [0.4, 0.5) is 5.69 Å². The number of aryl methyl sites for hydroxylation is 1. The quantitative estimate of drug-likeness (QED) is 0.841. The van der Waals surface area contributed by atoms with Gasteiger partial charge in [0.25, 0.3) is 5.91 Å². The summed E-state index contributed by atoms with van der Waals surface area (Å²) >= 11 is 3.31. The van der Waals surface area contributed by atoms with E-state index in [0.717, 1.165) is 10.0 Å². The average Bonchev–Trinajstić information content (AvgIpc) is 2.76. The Hall–Kier alpha value is -1.89. The Bertz CT molecular complexity index is 624. The Morgan fingerprint density at radius 3 is 2.84 bits per heavy atom. The lowest BCUT2D eigenvalue weighted by Gasteiger charge is -2.09. The molecule has 19 heavy (non-hydrogen) atoms. The third-order valence-corrected chi connectivity index (χ3v) is 3.08. The van der Waals surface area contributed by atoms with Gasteiger partial charge in [-0.3, -0.25) is 4.79 Å². The molecular weight excluding hydrogens is 312 g/mol. The number of nitrogens with two attached hydrogens (primary N) is 1. The number of benzene rings is 1. The number of nitrogen functional groups attached to an aromatic ring is 1. The minimum atomic E-state index is -0.235. The van der Waals surface area contributed by atoms with Crippen LogP contribution in [0.1, 0.15) is 27.6 Å². The van der Waals surface area contributed by atoms with E-state index in [9.17, 15) is 4.79 Å². The van der Waals surface area contributed by atoms with Crippen LogP contribution in [-0.4, -0.2) is 16.0 Å². The van der Waals surface area contributed by atoms with Gasteiger partial charge in [-0.1, -0.05) is 21.1 Å². The van der Waals surface area contributed by atoms with Gasteiger partial charge < -0.3 is 15.6 Å². The first-order valence-corrected chi connectivity index (χ1v) is 6.39. The first-order valence-electron chi connectivity index (χ1n) is 5.60. The SMILES string of the molecule is Cc1noc(CNC(=O)c2cc(Br)cc(N)c2C)n1. The molecule has 0 bridgehead atoms. The Morgan fingerprint density at radius 2 is 2.21 bits per heavy atom. The fraction of sp³-hybridized carbons (Fsp3) is 0.250. The zero-order valence-electron chi connectivity index (χ0n) is 10.5. The number of amides is 1. The summed E-state index contributed by atoms with van der Waals surface area (Å²) in [4.78, 5) is 16.1. The first kappa shape index (κ1) is 13.5. The number of carbonyl (C=O) groups is 1. The molecule has 1 aromatic carbocycles. The molecule has 3 N–H and O–H groups in total. The van der Waals surface area contributed by atoms with Crippen LogP contribution < -0.4 is 11.1 Å². The average molecular weight is 325 g/mol. The summed E-state index contributed by atoms with van der Waals surface area (Å²) in [5.41, 5.74) is 7.64. The molecule has 7 heteroatoms. The molecule has 0 atom stereocenters. The molecule has 6 nitrogen and oxygen atoms in total. The molecule has 0 unspecified atom stereocenters. The maximum Gasteiger partial charge on any atom is 0.252 e. The van der Waals surface area contributed by atoms with Crippen molar-refractivity contribution < 1.29 is 9.32 Å². The van der Waals surface area contributed by atoms with E-state index in [0.29, 0.717) is 23.0 Å². The van der Waals surface area contributed by atoms with Gasteiger partial charge >= 0.3 is 0 Å². The molecule has 2 rings (SSSR count). The molecule has 1 aromatic heterocycles. The summed E-state index contributed by atoms with van der Waals surface area (Å²) in [7, 11) is 0. The lowest BCUT2D eigenvalue weighted by atomic mass is 10.1. The van der Waals surface area contributed by atoms with E-state index in [1.54, 1.807) is 26.0 Å². The fourth-order valence-electron chi connectivity index (χ4n) is 1.60. The summed E-state index contributed by atoms with van der Waals surface area (Å²) in [6.07, 6.45) is 0. The zero-order chi connectivity index (χ0) is 14.0. The number of anilines is 1. The maximum atomic E-state index is 12.1. The molecular formula is C12H13BrN4O2. The largest absolute Gasteiger partial charge is 0.398 e. The molecule has 100 valence electrons. The van der Waals surface area contributed by atoms with Crippen LogP contribution in [-0.2, 0) is 6.54 Å². The van der Waals surface area contributed by atoms with Gasteiger partial charge in [0.15, 0.2) is 5.82 Å². The number of halogens is 1. The van der Waals surface area contributed by atoms with Crippen LogP contribution in [0.5, 0.6) is 0 Å². The lowest BCUT2D eigenvalue weighted by molar-refractivity contribution is 0.0945. The van der Waals surface area contributed by atoms with Crippen LogP contribution in [0.15, 0.2) is 21.1 Å². The zero-order valence-corrected chi connectivity index (χ0v) is 12.1. The minimum absolute atomic E-state index is 0.186. The Kier molecular flexibility index (Phi) is 3.84. The maximum absolute atomic E-state index is 12.1. The Morgan fingerprint density at radius 1 is 1.47 bits per heavy atom. The molecule has 0 aliphatic carbocycles. The van der Waals surface area contributed by atoms with E-state index in [4.69, 9.17) is 10.3 Å². The van der Waals surface area contributed by atoms with Crippen molar-refractivity contribution in [2.24, 2.45) is 0 Å². The highest BCUT2D eigenvalue weighted by Crippen LogP contribution is 2.22. The molecule has 0 saturated heterocycles. The number of nitrogens with zero attached hydrogens (tertiary/aromatic N) is 2. The van der Waals surface area contributed by atoms with E-state index >= 15 is 0 Å². The fourth-order valence-corrected chi connectivity index (χ4v) is 2.07. The van der Waals surface area contributed by atoms with Crippen LogP contribution in [0, 0.1) is 13.8 Å². The molecule has 1 heterocycles. The summed E-state index contributed by atoms with van der Waals surface area (Å²) in [6, 6.07) is 3.48. The van der Waals surface area contributed by atoms with Crippen LogP contribution in [0.3, 0.4) is 0 Å². The second kappa shape index (κ2) is 5.40. The van der Waals surface area contributed by atoms with Gasteiger partial charge in [-0.05, 0) is 31.5 Å². The van der Waals surface area contributed by atoms with Crippen LogP contribution in [0.25, 0.3) is 0 Å². The minimum Gasteiger partial charge on any atom is -0.398 e. The summed E-state index contributed by atoms with van der Waals surface area (Å²) in [5, 5.41) is 6.36. The van der Waals surface area contributed by atoms with E-state index in [2.05, 4.69) is 31.4 Å². The first-order chi connectivity index (χ1) is 8.97. The molecule has 0 spiro atoms. The van der Waals surface area contributed by atoms with Crippen LogP contribution in [0.2, 0.25) is 0 Å². The van der Waals surface area contributed by atoms with Crippen molar-refractivity contribution in [2.75, 3.05) is 5.73 Å². The molecule has 0 radical (unpaired) electrons. The topological polar surface area (TPSA) is 94.0 Å². The lowest BCUT2D eigenvalue weighted by Crippen LogP contribution is -2.24. The van der Waals surface area contributed by atoms with Crippen molar-refractivity contribution in [3.05, 3.63) is 39.4 Å².